The van der Waals surface area contributed by atoms with Crippen LogP contribution in [0, 0.1) is 10.1 Å². The summed E-state index contributed by atoms with van der Waals surface area (Å²) in [5.41, 5.74) is -0.541. The van der Waals surface area contributed by atoms with Crippen LogP contribution < -0.4 is 20.3 Å². The number of anilines is 2. The van der Waals surface area contributed by atoms with Gasteiger partial charge in [-0.3, -0.25) is 14.9 Å². The van der Waals surface area contributed by atoms with E-state index in [-0.39, 0.29) is 27.5 Å². The van der Waals surface area contributed by atoms with Crippen molar-refractivity contribution in [3.05, 3.63) is 75.7 Å². The molecule has 2 heterocycles. The lowest BCUT2D eigenvalue weighted by atomic mass is 10.1. The molecule has 1 aromatic heterocycles. The molecule has 1 aliphatic rings. The molecule has 202 valence electrons. The van der Waals surface area contributed by atoms with Gasteiger partial charge in [0.15, 0.2) is 0 Å². The first-order valence-electron chi connectivity index (χ1n) is 11.9. The second-order valence-corrected chi connectivity index (χ2v) is 13.2. The highest BCUT2D eigenvalue weighted by Crippen LogP contribution is 2.42. The molecular formula is C25H29N5O5S3. The van der Waals surface area contributed by atoms with E-state index >= 15 is 0 Å². The molecule has 1 fully saturated rings. The lowest BCUT2D eigenvalue weighted by molar-refractivity contribution is -0.383. The summed E-state index contributed by atoms with van der Waals surface area (Å²) in [6.07, 6.45) is 0. The van der Waals surface area contributed by atoms with E-state index in [2.05, 4.69) is 15.4 Å². The van der Waals surface area contributed by atoms with Crippen molar-refractivity contribution < 1.29 is 18.1 Å². The molecule has 3 aromatic rings. The number of nitro groups is 1. The summed E-state index contributed by atoms with van der Waals surface area (Å²) in [7, 11) is -4.44. The van der Waals surface area contributed by atoms with Crippen LogP contribution in [0.25, 0.3) is 0 Å². The number of piperazine rings is 1. The van der Waals surface area contributed by atoms with E-state index in [4.69, 9.17) is 0 Å². The van der Waals surface area contributed by atoms with Gasteiger partial charge in [0, 0.05) is 43.0 Å². The molecule has 0 spiro atoms. The fourth-order valence-electron chi connectivity index (χ4n) is 4.08. The Morgan fingerprint density at radius 1 is 1.13 bits per heavy atom. The van der Waals surface area contributed by atoms with Crippen molar-refractivity contribution in [1.82, 2.24) is 10.0 Å². The number of benzene rings is 2. The molecule has 0 atom stereocenters. The van der Waals surface area contributed by atoms with Crippen LogP contribution in [0.2, 0.25) is 0 Å². The van der Waals surface area contributed by atoms with Crippen LogP contribution in [-0.4, -0.2) is 56.7 Å². The molecule has 13 heteroatoms. The summed E-state index contributed by atoms with van der Waals surface area (Å²) in [6.45, 7) is 5.69. The molecule has 0 unspecified atom stereocenters. The Morgan fingerprint density at radius 3 is 2.47 bits per heavy atom. The highest BCUT2D eigenvalue weighted by Gasteiger charge is 2.35. The van der Waals surface area contributed by atoms with Gasteiger partial charge in [-0.15, -0.1) is 23.1 Å². The summed E-state index contributed by atoms with van der Waals surface area (Å²) in [4.78, 5) is 26.0. The van der Waals surface area contributed by atoms with Crippen molar-refractivity contribution in [3.63, 3.8) is 0 Å². The number of nitrogens with one attached hydrogen (secondary N) is 3. The maximum atomic E-state index is 13.5. The third-order valence-electron chi connectivity index (χ3n) is 5.83. The van der Waals surface area contributed by atoms with Crippen molar-refractivity contribution in [2.45, 2.75) is 28.5 Å². The SMILES string of the molecule is CC(C)(CSc1cccs1)Nc1ccc(S(=O)(=O)NC(=O)c2ccccc2)c(N2CCNCC2)c1[N+](=O)[O-]. The second-order valence-electron chi connectivity index (χ2n) is 9.33. The number of rotatable bonds is 10. The van der Waals surface area contributed by atoms with Crippen LogP contribution in [0.15, 0.2) is 69.1 Å². The average Bonchev–Trinajstić information content (AvgIpc) is 3.41. The van der Waals surface area contributed by atoms with Crippen molar-refractivity contribution >= 4 is 56.1 Å². The Labute approximate surface area is 230 Å². The number of nitrogens with zero attached hydrogens (tertiary/aromatic N) is 2. The van der Waals surface area contributed by atoms with Crippen LogP contribution in [0.5, 0.6) is 0 Å². The highest BCUT2D eigenvalue weighted by molar-refractivity contribution is 8.01. The number of hydrogen-bond donors (Lipinski definition) is 3. The number of thioether (sulfide) groups is 1. The van der Waals surface area contributed by atoms with Gasteiger partial charge in [-0.1, -0.05) is 24.3 Å². The Kier molecular flexibility index (Phi) is 8.61. The van der Waals surface area contributed by atoms with Crippen LogP contribution in [0.4, 0.5) is 17.1 Å². The zero-order valence-electron chi connectivity index (χ0n) is 21.0. The van der Waals surface area contributed by atoms with E-state index in [1.165, 1.54) is 24.3 Å². The fourth-order valence-corrected chi connectivity index (χ4v) is 7.09. The van der Waals surface area contributed by atoms with Gasteiger partial charge >= 0.3 is 5.69 Å². The summed E-state index contributed by atoms with van der Waals surface area (Å²) >= 11 is 3.26. The monoisotopic (exact) mass is 575 g/mol. The van der Waals surface area contributed by atoms with Gasteiger partial charge in [0.05, 0.1) is 9.13 Å². The fraction of sp³-hybridized carbons (Fsp3) is 0.320. The van der Waals surface area contributed by atoms with E-state index in [1.807, 2.05) is 31.4 Å². The number of amides is 1. The molecule has 2 aromatic carbocycles. The number of carbonyl (C=O) groups excluding carboxylic acids is 1. The Hall–Kier alpha value is -3.13. The Balaban J connectivity index is 1.73. The Bertz CT molecular complexity index is 1390. The van der Waals surface area contributed by atoms with Gasteiger partial charge in [-0.25, -0.2) is 13.1 Å². The van der Waals surface area contributed by atoms with Crippen molar-refractivity contribution in [1.29, 1.82) is 0 Å². The summed E-state index contributed by atoms with van der Waals surface area (Å²) in [6, 6.07) is 14.7. The van der Waals surface area contributed by atoms with E-state index in [0.29, 0.717) is 31.9 Å². The maximum absolute atomic E-state index is 13.5. The van der Waals surface area contributed by atoms with Crippen LogP contribution in [-0.2, 0) is 10.0 Å². The normalized spacial score (nSPS) is 14.2. The molecular weight excluding hydrogens is 547 g/mol. The number of carbonyl (C=O) groups is 1. The highest BCUT2D eigenvalue weighted by atomic mass is 32.2. The van der Waals surface area contributed by atoms with Gasteiger partial charge in [0.2, 0.25) is 0 Å². The van der Waals surface area contributed by atoms with Gasteiger partial charge in [-0.05, 0) is 49.6 Å². The van der Waals surface area contributed by atoms with Gasteiger partial charge in [0.25, 0.3) is 15.9 Å². The summed E-state index contributed by atoms with van der Waals surface area (Å²) in [5, 5.41) is 20.9. The molecule has 1 amide bonds. The van der Waals surface area contributed by atoms with Gasteiger partial charge < -0.3 is 15.5 Å². The summed E-state index contributed by atoms with van der Waals surface area (Å²) < 4.78 is 30.1. The number of sulfonamides is 1. The first-order valence-corrected chi connectivity index (χ1v) is 15.3. The van der Waals surface area contributed by atoms with Crippen molar-refractivity contribution in [2.75, 3.05) is 42.1 Å². The first-order chi connectivity index (χ1) is 18.1. The lowest BCUT2D eigenvalue weighted by Gasteiger charge is -2.32. The second kappa shape index (κ2) is 11.7. The van der Waals surface area contributed by atoms with E-state index < -0.39 is 26.4 Å². The van der Waals surface area contributed by atoms with Crippen LogP contribution >= 0.6 is 23.1 Å². The minimum Gasteiger partial charge on any atom is -0.374 e. The zero-order chi connectivity index (χ0) is 27.3. The van der Waals surface area contributed by atoms with E-state index in [0.717, 1.165) is 4.21 Å². The largest absolute Gasteiger partial charge is 0.374 e. The van der Waals surface area contributed by atoms with Gasteiger partial charge in [-0.2, -0.15) is 0 Å². The number of hydrogen-bond acceptors (Lipinski definition) is 10. The van der Waals surface area contributed by atoms with Gasteiger partial charge in [0.1, 0.15) is 16.3 Å². The minimum atomic E-state index is -4.44. The average molecular weight is 576 g/mol. The molecule has 0 saturated carbocycles. The van der Waals surface area contributed by atoms with E-state index in [1.54, 1.807) is 46.2 Å². The Morgan fingerprint density at radius 2 is 1.84 bits per heavy atom. The number of nitro benzene ring substituents is 1. The molecule has 10 nitrogen and oxygen atoms in total. The topological polar surface area (TPSA) is 134 Å². The molecule has 3 N–H and O–H groups in total. The maximum Gasteiger partial charge on any atom is 0.316 e. The molecule has 4 rings (SSSR count). The molecule has 1 aliphatic heterocycles. The van der Waals surface area contributed by atoms with E-state index in [9.17, 15) is 23.3 Å². The third kappa shape index (κ3) is 6.65. The molecule has 0 radical (unpaired) electrons. The lowest BCUT2D eigenvalue weighted by Crippen LogP contribution is -2.45. The molecule has 1 saturated heterocycles. The molecule has 0 aliphatic carbocycles. The molecule has 0 bridgehead atoms. The molecule has 38 heavy (non-hydrogen) atoms. The van der Waals surface area contributed by atoms with Crippen molar-refractivity contribution in [2.24, 2.45) is 0 Å². The standard InChI is InChI=1S/C25H29N5O5S3/c1-25(2,17-37-21-9-6-16-36-21)27-19-10-11-20(23(22(19)30(32)33)29-14-12-26-13-15-29)38(34,35)28-24(31)18-7-4-3-5-8-18/h3-11,16,26-27H,12-15,17H2,1-2H3,(H,28,31). The minimum absolute atomic E-state index is 0.0310. The van der Waals surface area contributed by atoms with Crippen LogP contribution in [0.1, 0.15) is 24.2 Å². The van der Waals surface area contributed by atoms with Crippen LogP contribution in [0.3, 0.4) is 0 Å². The summed E-state index contributed by atoms with van der Waals surface area (Å²) in [5.74, 6) is -0.186. The quantitative estimate of drug-likeness (QED) is 0.185. The zero-order valence-corrected chi connectivity index (χ0v) is 23.4. The first kappa shape index (κ1) is 27.9. The number of thiophene rings is 1. The predicted molar refractivity (Wildman–Crippen MR) is 152 cm³/mol. The van der Waals surface area contributed by atoms with Crippen molar-refractivity contribution in [3.8, 4) is 0 Å². The smallest absolute Gasteiger partial charge is 0.316 e. The predicted octanol–water partition coefficient (Wildman–Crippen LogP) is 4.17. The third-order valence-corrected chi connectivity index (χ3v) is 9.78.